The predicted octanol–water partition coefficient (Wildman–Crippen LogP) is 2.49. The number of hydrogen-bond donors (Lipinski definition) is 1. The van der Waals surface area contributed by atoms with Gasteiger partial charge in [0.1, 0.15) is 12.4 Å². The number of hydrogen-bond acceptors (Lipinski definition) is 5. The number of ether oxygens (including phenoxy) is 2. The van der Waals surface area contributed by atoms with Gasteiger partial charge in [-0.2, -0.15) is 0 Å². The number of nitro groups is 1. The van der Waals surface area contributed by atoms with Crippen LogP contribution in [0.25, 0.3) is 0 Å². The third kappa shape index (κ3) is 4.51. The van der Waals surface area contributed by atoms with Crippen LogP contribution in [-0.4, -0.2) is 35.8 Å². The molecular formula is C13H17NO6. The van der Waals surface area contributed by atoms with E-state index in [0.717, 1.165) is 18.9 Å². The predicted molar refractivity (Wildman–Crippen MR) is 71.3 cm³/mol. The van der Waals surface area contributed by atoms with E-state index in [-0.39, 0.29) is 12.4 Å². The SMILES string of the molecule is CCCCOCCOc1cccc([N+](=O)[O-])c1C(=O)O. The zero-order valence-corrected chi connectivity index (χ0v) is 11.2. The molecule has 0 atom stereocenters. The van der Waals surface area contributed by atoms with Gasteiger partial charge >= 0.3 is 5.97 Å². The van der Waals surface area contributed by atoms with E-state index in [1.807, 2.05) is 6.92 Å². The summed E-state index contributed by atoms with van der Waals surface area (Å²) >= 11 is 0. The quantitative estimate of drug-likeness (QED) is 0.424. The van der Waals surface area contributed by atoms with E-state index in [2.05, 4.69) is 0 Å². The lowest BCUT2D eigenvalue weighted by Gasteiger charge is -2.09. The second-order valence-corrected chi connectivity index (χ2v) is 4.03. The summed E-state index contributed by atoms with van der Waals surface area (Å²) in [5.74, 6) is -1.41. The second-order valence-electron chi connectivity index (χ2n) is 4.03. The van der Waals surface area contributed by atoms with Crippen LogP contribution in [0.4, 0.5) is 5.69 Å². The summed E-state index contributed by atoms with van der Waals surface area (Å²) in [4.78, 5) is 21.2. The first-order chi connectivity index (χ1) is 9.57. The number of aromatic carboxylic acids is 1. The molecule has 0 aliphatic carbocycles. The Bertz CT molecular complexity index is 474. The molecule has 7 heteroatoms. The van der Waals surface area contributed by atoms with Crippen LogP contribution in [-0.2, 0) is 4.74 Å². The molecule has 20 heavy (non-hydrogen) atoms. The average molecular weight is 283 g/mol. The lowest BCUT2D eigenvalue weighted by Crippen LogP contribution is -2.11. The fourth-order valence-corrected chi connectivity index (χ4v) is 1.57. The molecule has 0 saturated heterocycles. The first-order valence-corrected chi connectivity index (χ1v) is 6.29. The van der Waals surface area contributed by atoms with Gasteiger partial charge in [0, 0.05) is 12.7 Å². The topological polar surface area (TPSA) is 98.9 Å². The summed E-state index contributed by atoms with van der Waals surface area (Å²) in [6.45, 7) is 3.11. The van der Waals surface area contributed by atoms with Crippen LogP contribution in [0.15, 0.2) is 18.2 Å². The van der Waals surface area contributed by atoms with E-state index >= 15 is 0 Å². The number of nitro benzene ring substituents is 1. The first kappa shape index (κ1) is 15.9. The standard InChI is InChI=1S/C13H17NO6/c1-2-3-7-19-8-9-20-11-6-4-5-10(14(17)18)12(11)13(15)16/h4-6H,2-3,7-9H2,1H3,(H,15,16). The monoisotopic (exact) mass is 283 g/mol. The van der Waals surface area contributed by atoms with Gasteiger partial charge < -0.3 is 14.6 Å². The van der Waals surface area contributed by atoms with Crippen molar-refractivity contribution in [2.24, 2.45) is 0 Å². The Morgan fingerprint density at radius 2 is 2.10 bits per heavy atom. The molecule has 1 aromatic carbocycles. The van der Waals surface area contributed by atoms with Crippen LogP contribution in [0.2, 0.25) is 0 Å². The van der Waals surface area contributed by atoms with Gasteiger partial charge in [0.05, 0.1) is 11.5 Å². The van der Waals surface area contributed by atoms with E-state index < -0.39 is 22.1 Å². The Hall–Kier alpha value is -2.15. The maximum absolute atomic E-state index is 11.1. The van der Waals surface area contributed by atoms with Gasteiger partial charge in [-0.3, -0.25) is 10.1 Å². The fourth-order valence-electron chi connectivity index (χ4n) is 1.57. The zero-order valence-electron chi connectivity index (χ0n) is 11.2. The van der Waals surface area contributed by atoms with E-state index in [1.54, 1.807) is 0 Å². The minimum absolute atomic E-state index is 0.0224. The second kappa shape index (κ2) is 8.11. The fraction of sp³-hybridized carbons (Fsp3) is 0.462. The van der Waals surface area contributed by atoms with Crippen LogP contribution in [0.3, 0.4) is 0 Å². The van der Waals surface area contributed by atoms with Gasteiger partial charge in [-0.1, -0.05) is 19.4 Å². The number of benzene rings is 1. The summed E-state index contributed by atoms with van der Waals surface area (Å²) in [5.41, 5.74) is -0.923. The van der Waals surface area contributed by atoms with Crippen molar-refractivity contribution >= 4 is 11.7 Å². The Kier molecular flexibility index (Phi) is 6.45. The lowest BCUT2D eigenvalue weighted by atomic mass is 10.1. The van der Waals surface area contributed by atoms with Crippen molar-refractivity contribution in [3.05, 3.63) is 33.9 Å². The highest BCUT2D eigenvalue weighted by molar-refractivity contribution is 5.95. The maximum atomic E-state index is 11.1. The largest absolute Gasteiger partial charge is 0.490 e. The Labute approximate surface area is 116 Å². The number of carboxylic acid groups (broad SMARTS) is 1. The van der Waals surface area contributed by atoms with E-state index in [9.17, 15) is 14.9 Å². The van der Waals surface area contributed by atoms with Crippen molar-refractivity contribution in [2.45, 2.75) is 19.8 Å². The summed E-state index contributed by atoms with van der Waals surface area (Å²) in [7, 11) is 0. The highest BCUT2D eigenvalue weighted by Gasteiger charge is 2.24. The van der Waals surface area contributed by atoms with Crippen LogP contribution < -0.4 is 4.74 Å². The molecule has 110 valence electrons. The van der Waals surface area contributed by atoms with Crippen molar-refractivity contribution < 1.29 is 24.3 Å². The number of carboxylic acids is 1. The lowest BCUT2D eigenvalue weighted by molar-refractivity contribution is -0.385. The van der Waals surface area contributed by atoms with Gasteiger partial charge in [-0.05, 0) is 12.5 Å². The molecule has 0 spiro atoms. The highest BCUT2D eigenvalue weighted by Crippen LogP contribution is 2.28. The molecule has 0 aliphatic rings. The molecule has 7 nitrogen and oxygen atoms in total. The molecule has 1 rings (SSSR count). The first-order valence-electron chi connectivity index (χ1n) is 6.29. The Balaban J connectivity index is 2.67. The minimum atomic E-state index is -1.39. The van der Waals surface area contributed by atoms with Crippen molar-refractivity contribution in [1.29, 1.82) is 0 Å². The van der Waals surface area contributed by atoms with Crippen molar-refractivity contribution in [1.82, 2.24) is 0 Å². The molecule has 0 aliphatic heterocycles. The number of carbonyl (C=O) groups is 1. The van der Waals surface area contributed by atoms with Crippen LogP contribution >= 0.6 is 0 Å². The molecule has 0 bridgehead atoms. The zero-order chi connectivity index (χ0) is 15.0. The summed E-state index contributed by atoms with van der Waals surface area (Å²) in [6, 6.07) is 3.91. The van der Waals surface area contributed by atoms with Crippen LogP contribution in [0.5, 0.6) is 5.75 Å². The third-order valence-corrected chi connectivity index (χ3v) is 2.54. The molecule has 0 unspecified atom stereocenters. The Morgan fingerprint density at radius 1 is 1.35 bits per heavy atom. The molecule has 0 aromatic heterocycles. The van der Waals surface area contributed by atoms with E-state index in [1.165, 1.54) is 12.1 Å². The van der Waals surface area contributed by atoms with Crippen molar-refractivity contribution in [2.75, 3.05) is 19.8 Å². The number of rotatable bonds is 9. The van der Waals surface area contributed by atoms with Crippen molar-refractivity contribution in [3.8, 4) is 5.75 Å². The summed E-state index contributed by atoms with van der Waals surface area (Å²) in [6.07, 6.45) is 1.96. The number of unbranched alkanes of at least 4 members (excludes halogenated alkanes) is 1. The molecule has 1 aromatic rings. The molecule has 1 N–H and O–H groups in total. The van der Waals surface area contributed by atoms with Gasteiger partial charge in [-0.15, -0.1) is 0 Å². The summed E-state index contributed by atoms with van der Waals surface area (Å²) < 4.78 is 10.5. The number of nitrogens with zero attached hydrogens (tertiary/aromatic N) is 1. The van der Waals surface area contributed by atoms with E-state index in [0.29, 0.717) is 13.2 Å². The average Bonchev–Trinajstić information content (AvgIpc) is 2.42. The summed E-state index contributed by atoms with van der Waals surface area (Å²) in [5, 5.41) is 19.8. The molecule has 0 heterocycles. The van der Waals surface area contributed by atoms with Crippen molar-refractivity contribution in [3.63, 3.8) is 0 Å². The third-order valence-electron chi connectivity index (χ3n) is 2.54. The molecule has 0 radical (unpaired) electrons. The maximum Gasteiger partial charge on any atom is 0.346 e. The van der Waals surface area contributed by atoms with Crippen LogP contribution in [0, 0.1) is 10.1 Å². The van der Waals surface area contributed by atoms with Gasteiger partial charge in [0.2, 0.25) is 0 Å². The normalized spacial score (nSPS) is 10.2. The van der Waals surface area contributed by atoms with Gasteiger partial charge in [-0.25, -0.2) is 4.79 Å². The molecule has 0 amide bonds. The smallest absolute Gasteiger partial charge is 0.346 e. The van der Waals surface area contributed by atoms with E-state index in [4.69, 9.17) is 14.6 Å². The highest BCUT2D eigenvalue weighted by atomic mass is 16.6. The Morgan fingerprint density at radius 3 is 2.70 bits per heavy atom. The van der Waals surface area contributed by atoms with Gasteiger partial charge in [0.15, 0.2) is 5.56 Å². The van der Waals surface area contributed by atoms with Gasteiger partial charge in [0.25, 0.3) is 5.69 Å². The van der Waals surface area contributed by atoms with Crippen LogP contribution in [0.1, 0.15) is 30.1 Å². The minimum Gasteiger partial charge on any atom is -0.490 e. The molecular weight excluding hydrogens is 266 g/mol. The molecule has 0 saturated carbocycles. The molecule has 0 fully saturated rings.